The molecule has 0 bridgehead atoms. The molecule has 0 unspecified atom stereocenters. The van der Waals surface area contributed by atoms with E-state index >= 15 is 0 Å². The lowest BCUT2D eigenvalue weighted by Crippen LogP contribution is -2.15. The highest BCUT2D eigenvalue weighted by Gasteiger charge is 2.32. The van der Waals surface area contributed by atoms with Gasteiger partial charge in [-0.25, -0.2) is 12.8 Å². The number of nitrogens with one attached hydrogen (secondary N) is 1. The number of alkyl halides is 3. The number of rotatable bonds is 3. The molecule has 1 aromatic heterocycles. The Morgan fingerprint density at radius 1 is 1.18 bits per heavy atom. The van der Waals surface area contributed by atoms with Gasteiger partial charge in [-0.2, -0.15) is 13.2 Å². The van der Waals surface area contributed by atoms with Crippen molar-refractivity contribution in [2.45, 2.75) is 24.9 Å². The molecule has 2 aromatic rings. The van der Waals surface area contributed by atoms with Gasteiger partial charge >= 0.3 is 6.18 Å². The van der Waals surface area contributed by atoms with Crippen LogP contribution in [0.15, 0.2) is 27.6 Å². The van der Waals surface area contributed by atoms with Gasteiger partial charge in [-0.15, -0.1) is 0 Å². The van der Waals surface area contributed by atoms with Gasteiger partial charge in [0.05, 0.1) is 11.3 Å². The van der Waals surface area contributed by atoms with E-state index in [0.717, 1.165) is 0 Å². The van der Waals surface area contributed by atoms with E-state index in [0.29, 0.717) is 12.1 Å². The molecule has 1 heterocycles. The highest BCUT2D eigenvalue weighted by molar-refractivity contribution is 7.92. The van der Waals surface area contributed by atoms with Crippen LogP contribution in [0.5, 0.6) is 0 Å². The lowest BCUT2D eigenvalue weighted by atomic mass is 10.2. The first-order chi connectivity index (χ1) is 10.0. The Hall–Kier alpha value is -2.10. The first kappa shape index (κ1) is 16.3. The lowest BCUT2D eigenvalue weighted by molar-refractivity contribution is -0.137. The maximum atomic E-state index is 13.3. The molecule has 10 heteroatoms. The summed E-state index contributed by atoms with van der Waals surface area (Å²) in [6, 6.07) is 1.41. The van der Waals surface area contributed by atoms with Gasteiger partial charge in [-0.3, -0.25) is 4.72 Å². The molecule has 0 spiro atoms. The summed E-state index contributed by atoms with van der Waals surface area (Å²) < 4.78 is 82.0. The van der Waals surface area contributed by atoms with Crippen molar-refractivity contribution >= 4 is 15.7 Å². The number of hydrogen-bond donors (Lipinski definition) is 1. The van der Waals surface area contributed by atoms with Crippen molar-refractivity contribution in [1.29, 1.82) is 0 Å². The predicted molar refractivity (Wildman–Crippen MR) is 68.2 cm³/mol. The molecule has 0 aliphatic carbocycles. The average molecular weight is 338 g/mol. The number of nitrogens with zero attached hydrogens (tertiary/aromatic N) is 1. The number of anilines is 1. The SMILES string of the molecule is Cc1noc(C)c1S(=O)(=O)Nc1cc(F)cc(C(F)(F)F)c1. The van der Waals surface area contributed by atoms with Crippen LogP contribution in [0, 0.1) is 19.7 Å². The minimum Gasteiger partial charge on any atom is -0.360 e. The summed E-state index contributed by atoms with van der Waals surface area (Å²) >= 11 is 0. The van der Waals surface area contributed by atoms with Crippen LogP contribution in [0.1, 0.15) is 17.0 Å². The Labute approximate surface area is 123 Å². The molecule has 120 valence electrons. The Bertz CT molecular complexity index is 793. The summed E-state index contributed by atoms with van der Waals surface area (Å²) in [6.07, 6.45) is -4.80. The Morgan fingerprint density at radius 2 is 1.82 bits per heavy atom. The largest absolute Gasteiger partial charge is 0.416 e. The highest BCUT2D eigenvalue weighted by atomic mass is 32.2. The minimum absolute atomic E-state index is 0.0301. The maximum Gasteiger partial charge on any atom is 0.416 e. The van der Waals surface area contributed by atoms with Crippen molar-refractivity contribution in [1.82, 2.24) is 5.16 Å². The van der Waals surface area contributed by atoms with Crippen molar-refractivity contribution in [3.8, 4) is 0 Å². The molecule has 0 aliphatic rings. The molecule has 1 aromatic carbocycles. The fourth-order valence-electron chi connectivity index (χ4n) is 1.88. The van der Waals surface area contributed by atoms with Crippen LogP contribution in [-0.2, 0) is 16.2 Å². The monoisotopic (exact) mass is 338 g/mol. The van der Waals surface area contributed by atoms with E-state index in [1.54, 1.807) is 0 Å². The Balaban J connectivity index is 2.45. The second-order valence-electron chi connectivity index (χ2n) is 4.49. The smallest absolute Gasteiger partial charge is 0.360 e. The van der Waals surface area contributed by atoms with Gasteiger partial charge in [-0.1, -0.05) is 5.16 Å². The van der Waals surface area contributed by atoms with E-state index in [1.165, 1.54) is 13.8 Å². The Morgan fingerprint density at radius 3 is 2.32 bits per heavy atom. The van der Waals surface area contributed by atoms with Crippen LogP contribution >= 0.6 is 0 Å². The van der Waals surface area contributed by atoms with Crippen LogP contribution in [0.4, 0.5) is 23.2 Å². The number of aryl methyl sites for hydroxylation is 2. The standard InChI is InChI=1S/C12H10F4N2O3S/c1-6-11(7(2)21-17-6)22(19,20)18-10-4-8(12(14,15)16)3-9(13)5-10/h3-5,18H,1-2H3. The summed E-state index contributed by atoms with van der Waals surface area (Å²) in [5, 5.41) is 3.45. The number of sulfonamides is 1. The van der Waals surface area contributed by atoms with Crippen LogP contribution in [0.3, 0.4) is 0 Å². The predicted octanol–water partition coefficient (Wildman–Crippen LogP) is 3.25. The number of aromatic nitrogens is 1. The zero-order chi connectivity index (χ0) is 16.7. The summed E-state index contributed by atoms with van der Waals surface area (Å²) in [6.45, 7) is 2.69. The normalized spacial score (nSPS) is 12.5. The molecule has 5 nitrogen and oxygen atoms in total. The van der Waals surface area contributed by atoms with Gasteiger partial charge < -0.3 is 4.52 Å². The van der Waals surface area contributed by atoms with Crippen LogP contribution < -0.4 is 4.72 Å². The molecule has 22 heavy (non-hydrogen) atoms. The van der Waals surface area contributed by atoms with E-state index in [4.69, 9.17) is 4.52 Å². The molecule has 0 amide bonds. The molecule has 0 atom stereocenters. The third-order valence-corrected chi connectivity index (χ3v) is 4.34. The van der Waals surface area contributed by atoms with Crippen LogP contribution in [0.25, 0.3) is 0 Å². The van der Waals surface area contributed by atoms with Gasteiger partial charge in [-0.05, 0) is 32.0 Å². The van der Waals surface area contributed by atoms with E-state index < -0.39 is 33.3 Å². The molecular formula is C12H10F4N2O3S. The van der Waals surface area contributed by atoms with E-state index in [9.17, 15) is 26.0 Å². The number of halogens is 4. The quantitative estimate of drug-likeness (QED) is 0.872. The van der Waals surface area contributed by atoms with Gasteiger partial charge in [0, 0.05) is 0 Å². The highest BCUT2D eigenvalue weighted by Crippen LogP contribution is 2.32. The summed E-state index contributed by atoms with van der Waals surface area (Å²) in [4.78, 5) is -0.301. The van der Waals surface area contributed by atoms with Crippen LogP contribution in [0.2, 0.25) is 0 Å². The van der Waals surface area contributed by atoms with Crippen molar-refractivity contribution in [2.75, 3.05) is 4.72 Å². The van der Waals surface area contributed by atoms with Crippen molar-refractivity contribution in [3.63, 3.8) is 0 Å². The molecule has 0 saturated carbocycles. The number of hydrogen-bond acceptors (Lipinski definition) is 4. The fraction of sp³-hybridized carbons (Fsp3) is 0.250. The van der Waals surface area contributed by atoms with E-state index in [2.05, 4.69) is 5.16 Å². The van der Waals surface area contributed by atoms with Crippen molar-refractivity contribution < 1.29 is 30.5 Å². The molecular weight excluding hydrogens is 328 g/mol. The van der Waals surface area contributed by atoms with Gasteiger partial charge in [0.2, 0.25) is 0 Å². The second-order valence-corrected chi connectivity index (χ2v) is 6.10. The molecule has 0 aliphatic heterocycles. The van der Waals surface area contributed by atoms with Gasteiger partial charge in [0.25, 0.3) is 10.0 Å². The zero-order valence-corrected chi connectivity index (χ0v) is 12.1. The topological polar surface area (TPSA) is 72.2 Å². The van der Waals surface area contributed by atoms with E-state index in [1.807, 2.05) is 4.72 Å². The first-order valence-electron chi connectivity index (χ1n) is 5.84. The first-order valence-corrected chi connectivity index (χ1v) is 7.32. The third-order valence-electron chi connectivity index (χ3n) is 2.71. The second kappa shape index (κ2) is 5.27. The maximum absolute atomic E-state index is 13.3. The third kappa shape index (κ3) is 3.21. The fourth-order valence-corrected chi connectivity index (χ4v) is 3.25. The average Bonchev–Trinajstić information content (AvgIpc) is 2.67. The summed E-state index contributed by atoms with van der Waals surface area (Å²) in [5.41, 5.74) is -1.81. The van der Waals surface area contributed by atoms with Crippen LogP contribution in [-0.4, -0.2) is 13.6 Å². The van der Waals surface area contributed by atoms with E-state index in [-0.39, 0.29) is 22.4 Å². The van der Waals surface area contributed by atoms with Crippen molar-refractivity contribution in [2.24, 2.45) is 0 Å². The molecule has 0 saturated heterocycles. The van der Waals surface area contributed by atoms with Gasteiger partial charge in [0.15, 0.2) is 10.7 Å². The molecule has 2 rings (SSSR count). The lowest BCUT2D eigenvalue weighted by Gasteiger charge is -2.11. The van der Waals surface area contributed by atoms with Gasteiger partial charge in [0.1, 0.15) is 11.5 Å². The molecule has 1 N–H and O–H groups in total. The molecule has 0 radical (unpaired) electrons. The zero-order valence-electron chi connectivity index (χ0n) is 11.3. The van der Waals surface area contributed by atoms with Crippen molar-refractivity contribution in [3.05, 3.63) is 41.0 Å². The number of benzene rings is 1. The molecule has 0 fully saturated rings. The Kier molecular flexibility index (Phi) is 3.90. The summed E-state index contributed by atoms with van der Waals surface area (Å²) in [7, 11) is -4.25. The summed E-state index contributed by atoms with van der Waals surface area (Å²) in [5.74, 6) is -1.25. The minimum atomic E-state index is -4.80.